The standard InChI is InChI=1S/C35H47N9O14S/c36-20(15-59)29(51)39-23(11-27(37)49)32(54)41-21(9-16-1-5-18(47)6-2-16)30(52)40-22(10-17-3-7-19(48)8-4-17)31(53)43-25(13-45)34(56)42-24(12-28(38)50)33(55)44-26(14-46)35(57)58/h1-8,20-26,45-48,59H,9-15,36H2,(H2,37,49)(H2,38,50)(H,39,51)(H,40,52)(H,41,54)(H,42,56)(H,43,53)(H,44,55)(H,57,58). The molecule has 7 atom stereocenters. The number of rotatable bonds is 24. The van der Waals surface area contributed by atoms with Crippen molar-refractivity contribution in [2.75, 3.05) is 19.0 Å². The molecule has 0 radical (unpaired) electrons. The van der Waals surface area contributed by atoms with Crippen molar-refractivity contribution in [3.63, 3.8) is 0 Å². The second kappa shape index (κ2) is 23.7. The van der Waals surface area contributed by atoms with Gasteiger partial charge in [0.1, 0.15) is 47.8 Å². The first-order valence-electron chi connectivity index (χ1n) is 17.5. The molecule has 24 heteroatoms. The third-order valence-corrected chi connectivity index (χ3v) is 8.63. The van der Waals surface area contributed by atoms with Gasteiger partial charge in [-0.2, -0.15) is 12.6 Å². The minimum absolute atomic E-state index is 0.132. The van der Waals surface area contributed by atoms with Crippen LogP contribution in [0.3, 0.4) is 0 Å². The SMILES string of the molecule is NC(=O)CC(NC(=O)C(N)CS)C(=O)NC(Cc1ccc(O)cc1)C(=O)NC(Cc1ccc(O)cc1)C(=O)NC(CO)C(=O)NC(CC(N)=O)C(=O)NC(CO)C(=O)O. The maximum atomic E-state index is 14.0. The average Bonchev–Trinajstić information content (AvgIpc) is 3.18. The number of carbonyl (C=O) groups is 9. The molecule has 17 N–H and O–H groups in total. The molecule has 59 heavy (non-hydrogen) atoms. The van der Waals surface area contributed by atoms with Crippen LogP contribution in [-0.2, 0) is 56.0 Å². The van der Waals surface area contributed by atoms with Crippen LogP contribution in [0.5, 0.6) is 11.5 Å². The number of carboxylic acid groups (broad SMARTS) is 1. The first-order chi connectivity index (χ1) is 27.8. The third kappa shape index (κ3) is 16.5. The van der Waals surface area contributed by atoms with Crippen LogP contribution in [0.25, 0.3) is 0 Å². The van der Waals surface area contributed by atoms with Crippen LogP contribution < -0.4 is 49.1 Å². The smallest absolute Gasteiger partial charge is 0.328 e. The van der Waals surface area contributed by atoms with Gasteiger partial charge in [-0.15, -0.1) is 0 Å². The van der Waals surface area contributed by atoms with Crippen LogP contribution in [0, 0.1) is 0 Å². The van der Waals surface area contributed by atoms with E-state index in [1.54, 1.807) is 0 Å². The first kappa shape index (κ1) is 48.6. The van der Waals surface area contributed by atoms with Crippen LogP contribution in [0.1, 0.15) is 24.0 Å². The Bertz CT molecular complexity index is 1830. The highest BCUT2D eigenvalue weighted by Gasteiger charge is 2.34. The van der Waals surface area contributed by atoms with Gasteiger partial charge in [-0.25, -0.2) is 4.79 Å². The molecule has 0 saturated carbocycles. The number of hydrogen-bond acceptors (Lipinski definition) is 15. The van der Waals surface area contributed by atoms with E-state index in [1.807, 2.05) is 5.32 Å². The number of amides is 8. The van der Waals surface area contributed by atoms with E-state index in [9.17, 15) is 63.6 Å². The highest BCUT2D eigenvalue weighted by Crippen LogP contribution is 2.14. The zero-order valence-corrected chi connectivity index (χ0v) is 32.1. The van der Waals surface area contributed by atoms with Crippen molar-refractivity contribution in [2.24, 2.45) is 17.2 Å². The Morgan fingerprint density at radius 3 is 1.15 bits per heavy atom. The molecule has 23 nitrogen and oxygen atoms in total. The number of primary amides is 2. The van der Waals surface area contributed by atoms with E-state index in [1.165, 1.54) is 48.5 Å². The fraction of sp³-hybridized carbons (Fsp3) is 0.400. The molecule has 0 aliphatic rings. The van der Waals surface area contributed by atoms with Crippen molar-refractivity contribution in [3.05, 3.63) is 59.7 Å². The van der Waals surface area contributed by atoms with Crippen LogP contribution in [-0.4, -0.2) is 140 Å². The van der Waals surface area contributed by atoms with Crippen molar-refractivity contribution < 1.29 is 68.7 Å². The summed E-state index contributed by atoms with van der Waals surface area (Å²) in [6.45, 7) is -2.18. The molecule has 2 rings (SSSR count). The van der Waals surface area contributed by atoms with E-state index in [0.29, 0.717) is 11.1 Å². The summed E-state index contributed by atoms with van der Waals surface area (Å²) in [5.74, 6) is -10.8. The van der Waals surface area contributed by atoms with Crippen molar-refractivity contribution in [3.8, 4) is 11.5 Å². The predicted molar refractivity (Wildman–Crippen MR) is 206 cm³/mol. The minimum Gasteiger partial charge on any atom is -0.508 e. The number of aliphatic carboxylic acids is 1. The molecular weight excluding hydrogens is 803 g/mol. The van der Waals surface area contributed by atoms with Gasteiger partial charge in [0, 0.05) is 18.6 Å². The monoisotopic (exact) mass is 849 g/mol. The Morgan fingerprint density at radius 1 is 0.508 bits per heavy atom. The van der Waals surface area contributed by atoms with Crippen molar-refractivity contribution in [1.82, 2.24) is 31.9 Å². The molecule has 0 heterocycles. The number of aliphatic hydroxyl groups is 2. The van der Waals surface area contributed by atoms with E-state index in [4.69, 9.17) is 22.3 Å². The van der Waals surface area contributed by atoms with Gasteiger partial charge >= 0.3 is 5.97 Å². The number of benzene rings is 2. The molecule has 322 valence electrons. The first-order valence-corrected chi connectivity index (χ1v) is 18.2. The average molecular weight is 850 g/mol. The van der Waals surface area contributed by atoms with Crippen molar-refractivity contribution in [2.45, 2.75) is 68.0 Å². The summed E-state index contributed by atoms with van der Waals surface area (Å²) in [6, 6.07) is -0.847. The Labute approximate surface area is 341 Å². The molecule has 0 aromatic heterocycles. The molecule has 0 spiro atoms. The van der Waals surface area contributed by atoms with Gasteiger partial charge in [-0.1, -0.05) is 24.3 Å². The number of phenols is 2. The molecule has 0 aliphatic heterocycles. The molecular formula is C35H47N9O14S. The highest BCUT2D eigenvalue weighted by atomic mass is 32.1. The van der Waals surface area contributed by atoms with E-state index in [0.717, 1.165) is 0 Å². The number of aliphatic hydroxyl groups excluding tert-OH is 2. The third-order valence-electron chi connectivity index (χ3n) is 8.24. The fourth-order valence-corrected chi connectivity index (χ4v) is 5.24. The maximum Gasteiger partial charge on any atom is 0.328 e. The lowest BCUT2D eigenvalue weighted by Gasteiger charge is -2.27. The summed E-state index contributed by atoms with van der Waals surface area (Å²) >= 11 is 3.94. The van der Waals surface area contributed by atoms with Gasteiger partial charge in [-0.05, 0) is 35.4 Å². The Hall–Kier alpha value is -6.50. The number of carbonyl (C=O) groups excluding carboxylic acids is 8. The second-order valence-corrected chi connectivity index (χ2v) is 13.3. The number of hydrogen-bond donors (Lipinski definition) is 15. The quantitative estimate of drug-likeness (QED) is 0.0437. The number of phenolic OH excluding ortho intramolecular Hbond substituents is 2. The zero-order valence-electron chi connectivity index (χ0n) is 31.2. The van der Waals surface area contributed by atoms with E-state index < -0.39 is 122 Å². The molecule has 2 aromatic rings. The summed E-state index contributed by atoms with van der Waals surface area (Å²) in [4.78, 5) is 115. The normalized spacial score (nSPS) is 14.4. The molecule has 0 bridgehead atoms. The topological polar surface area (TPSA) is 405 Å². The number of aromatic hydroxyl groups is 2. The number of thiol groups is 1. The van der Waals surface area contributed by atoms with Crippen molar-refractivity contribution in [1.29, 1.82) is 0 Å². The van der Waals surface area contributed by atoms with Gasteiger partial charge in [0.15, 0.2) is 0 Å². The summed E-state index contributed by atoms with van der Waals surface area (Å²) < 4.78 is 0. The molecule has 0 saturated heterocycles. The van der Waals surface area contributed by atoms with Gasteiger partial charge in [0.05, 0.1) is 32.1 Å². The lowest BCUT2D eigenvalue weighted by Crippen LogP contribution is -2.61. The van der Waals surface area contributed by atoms with Crippen LogP contribution >= 0.6 is 12.6 Å². The Balaban J connectivity index is 2.47. The highest BCUT2D eigenvalue weighted by molar-refractivity contribution is 7.80. The molecule has 0 aliphatic carbocycles. The van der Waals surface area contributed by atoms with Gasteiger partial charge < -0.3 is 74.6 Å². The van der Waals surface area contributed by atoms with Gasteiger partial charge in [-0.3, -0.25) is 38.4 Å². The summed E-state index contributed by atoms with van der Waals surface area (Å²) in [6.07, 6.45) is -2.24. The lowest BCUT2D eigenvalue weighted by molar-refractivity contribution is -0.143. The lowest BCUT2D eigenvalue weighted by atomic mass is 10.0. The number of nitrogens with one attached hydrogen (secondary N) is 6. The fourth-order valence-electron chi connectivity index (χ4n) is 5.08. The Kier molecular flexibility index (Phi) is 19.5. The van der Waals surface area contributed by atoms with E-state index in [-0.39, 0.29) is 30.1 Å². The Morgan fingerprint density at radius 2 is 0.814 bits per heavy atom. The molecule has 8 amide bonds. The molecule has 7 unspecified atom stereocenters. The zero-order chi connectivity index (χ0) is 44.4. The molecule has 0 fully saturated rings. The van der Waals surface area contributed by atoms with Crippen LogP contribution in [0.2, 0.25) is 0 Å². The second-order valence-electron chi connectivity index (χ2n) is 12.9. The summed E-state index contributed by atoms with van der Waals surface area (Å²) in [5.41, 5.74) is 16.9. The minimum atomic E-state index is -1.88. The predicted octanol–water partition coefficient (Wildman–Crippen LogP) is -6.13. The largest absolute Gasteiger partial charge is 0.508 e. The van der Waals surface area contributed by atoms with E-state index in [2.05, 4.69) is 39.2 Å². The number of nitrogens with two attached hydrogens (primary N) is 3. The van der Waals surface area contributed by atoms with E-state index >= 15 is 0 Å². The van der Waals surface area contributed by atoms with Crippen LogP contribution in [0.4, 0.5) is 0 Å². The van der Waals surface area contributed by atoms with Gasteiger partial charge in [0.2, 0.25) is 47.3 Å². The summed E-state index contributed by atoms with van der Waals surface area (Å²) in [7, 11) is 0. The number of carboxylic acids is 1. The van der Waals surface area contributed by atoms with Crippen molar-refractivity contribution >= 4 is 65.9 Å². The summed E-state index contributed by atoms with van der Waals surface area (Å²) in [5, 5.41) is 61.4. The maximum absolute atomic E-state index is 14.0. The van der Waals surface area contributed by atoms with Gasteiger partial charge in [0.25, 0.3) is 0 Å². The molecule has 2 aromatic carbocycles. The van der Waals surface area contributed by atoms with Crippen LogP contribution in [0.15, 0.2) is 48.5 Å².